The predicted molar refractivity (Wildman–Crippen MR) is 66.9 cm³/mol. The molecule has 1 aromatic carbocycles. The lowest BCUT2D eigenvalue weighted by Crippen LogP contribution is -2.37. The fourth-order valence-corrected chi connectivity index (χ4v) is 2.79. The zero-order valence-electron chi connectivity index (χ0n) is 9.94. The molecule has 5 nitrogen and oxygen atoms in total. The first-order valence-corrected chi connectivity index (χ1v) is 7.09. The minimum absolute atomic E-state index is 0.125. The second kappa shape index (κ2) is 6.47. The van der Waals surface area contributed by atoms with Gasteiger partial charge in [-0.1, -0.05) is 11.6 Å². The molecule has 0 aliphatic carbocycles. The summed E-state index contributed by atoms with van der Waals surface area (Å²) in [5.41, 5.74) is 5.31. The fraction of sp³-hybridized carbons (Fsp3) is 0.400. The number of hydrogen-bond donors (Lipinski definition) is 2. The van der Waals surface area contributed by atoms with Gasteiger partial charge < -0.3 is 10.5 Å². The quantitative estimate of drug-likeness (QED) is 0.835. The van der Waals surface area contributed by atoms with E-state index < -0.39 is 22.7 Å². The molecule has 0 radical (unpaired) electrons. The number of nitrogens with two attached hydrogens (primary N) is 1. The molecule has 19 heavy (non-hydrogen) atoms. The van der Waals surface area contributed by atoms with E-state index in [2.05, 4.69) is 9.46 Å². The van der Waals surface area contributed by atoms with Gasteiger partial charge in [0.1, 0.15) is 5.75 Å². The van der Waals surface area contributed by atoms with E-state index in [1.165, 1.54) is 0 Å². The van der Waals surface area contributed by atoms with Gasteiger partial charge in [-0.15, -0.1) is 0 Å². The number of ether oxygens (including phenoxy) is 1. The number of benzene rings is 1. The highest BCUT2D eigenvalue weighted by atomic mass is 35.5. The van der Waals surface area contributed by atoms with E-state index in [9.17, 15) is 17.2 Å². The molecule has 1 rings (SSSR count). The molecule has 0 aliphatic heterocycles. The third kappa shape index (κ3) is 4.57. The molecule has 0 aromatic heterocycles. The summed E-state index contributed by atoms with van der Waals surface area (Å²) in [5.74, 6) is -0.289. The van der Waals surface area contributed by atoms with Gasteiger partial charge in [-0.25, -0.2) is 13.1 Å². The number of hydrogen-bond acceptors (Lipinski definition) is 4. The van der Waals surface area contributed by atoms with Gasteiger partial charge in [0.05, 0.1) is 9.92 Å². The van der Waals surface area contributed by atoms with Crippen molar-refractivity contribution in [3.05, 3.63) is 23.2 Å². The number of alkyl halides is 2. The third-order valence-corrected chi connectivity index (χ3v) is 4.02. The number of sulfonamides is 1. The molecule has 0 fully saturated rings. The molecular formula is C10H13ClF2N2O3S. The minimum Gasteiger partial charge on any atom is -0.433 e. The van der Waals surface area contributed by atoms with Crippen LogP contribution in [0.2, 0.25) is 5.02 Å². The van der Waals surface area contributed by atoms with Gasteiger partial charge >= 0.3 is 6.61 Å². The van der Waals surface area contributed by atoms with Crippen LogP contribution in [0.1, 0.15) is 6.92 Å². The summed E-state index contributed by atoms with van der Waals surface area (Å²) in [5, 5.41) is -0.219. The van der Waals surface area contributed by atoms with E-state index >= 15 is 0 Å². The predicted octanol–water partition coefficient (Wildman–Crippen LogP) is 1.57. The van der Waals surface area contributed by atoms with Crippen LogP contribution in [0.25, 0.3) is 0 Å². The fourth-order valence-electron chi connectivity index (χ4n) is 1.22. The van der Waals surface area contributed by atoms with Crippen molar-refractivity contribution in [2.24, 2.45) is 5.73 Å². The molecular weight excluding hydrogens is 302 g/mol. The van der Waals surface area contributed by atoms with Crippen LogP contribution < -0.4 is 15.2 Å². The van der Waals surface area contributed by atoms with Gasteiger partial charge in [-0.3, -0.25) is 0 Å². The Labute approximate surface area is 114 Å². The van der Waals surface area contributed by atoms with Crippen LogP contribution in [0.4, 0.5) is 8.78 Å². The lowest BCUT2D eigenvalue weighted by molar-refractivity contribution is -0.0498. The Bertz CT molecular complexity index is 540. The van der Waals surface area contributed by atoms with E-state index in [1.54, 1.807) is 6.92 Å². The van der Waals surface area contributed by atoms with Gasteiger partial charge in [0, 0.05) is 12.6 Å². The van der Waals surface area contributed by atoms with Gasteiger partial charge in [0.2, 0.25) is 10.0 Å². The van der Waals surface area contributed by atoms with Crippen LogP contribution in [0, 0.1) is 0 Å². The van der Waals surface area contributed by atoms with Crippen molar-refractivity contribution < 1.29 is 21.9 Å². The van der Waals surface area contributed by atoms with Gasteiger partial charge in [-0.05, 0) is 25.1 Å². The molecule has 0 spiro atoms. The molecule has 0 amide bonds. The summed E-state index contributed by atoms with van der Waals surface area (Å²) in [7, 11) is -3.80. The number of rotatable bonds is 6. The Balaban J connectivity index is 3.00. The van der Waals surface area contributed by atoms with Crippen LogP contribution in [0.15, 0.2) is 23.1 Å². The summed E-state index contributed by atoms with van der Waals surface area (Å²) in [6, 6.07) is 2.76. The summed E-state index contributed by atoms with van der Waals surface area (Å²) in [4.78, 5) is -0.153. The van der Waals surface area contributed by atoms with E-state index in [0.717, 1.165) is 18.2 Å². The average Bonchev–Trinajstić information content (AvgIpc) is 2.30. The average molecular weight is 315 g/mol. The first kappa shape index (κ1) is 16.1. The number of nitrogens with one attached hydrogen (secondary N) is 1. The van der Waals surface area contributed by atoms with Crippen molar-refractivity contribution in [1.29, 1.82) is 0 Å². The van der Waals surface area contributed by atoms with Crippen molar-refractivity contribution in [2.75, 3.05) is 6.54 Å². The number of halogens is 3. The van der Waals surface area contributed by atoms with Gasteiger partial charge in [0.15, 0.2) is 0 Å². The standard InChI is InChI=1S/C10H13ClF2N2O3S/c1-6(5-14)15-19(16,17)7-2-3-9(8(11)4-7)18-10(12)13/h2-4,6,10,15H,5,14H2,1H3/t6-/m0/s1. The molecule has 1 atom stereocenters. The van der Waals surface area contributed by atoms with Crippen molar-refractivity contribution in [3.8, 4) is 5.75 Å². The third-order valence-electron chi connectivity index (χ3n) is 2.14. The maximum absolute atomic E-state index is 12.0. The maximum atomic E-state index is 12.0. The normalized spacial score (nSPS) is 13.6. The molecule has 0 heterocycles. The van der Waals surface area contributed by atoms with E-state index in [1.807, 2.05) is 0 Å². The summed E-state index contributed by atoms with van der Waals surface area (Å²) < 4.78 is 54.2. The van der Waals surface area contributed by atoms with Crippen molar-refractivity contribution in [1.82, 2.24) is 4.72 Å². The summed E-state index contributed by atoms with van der Waals surface area (Å²) >= 11 is 5.67. The molecule has 0 unspecified atom stereocenters. The van der Waals surface area contributed by atoms with Crippen LogP contribution in [0.3, 0.4) is 0 Å². The topological polar surface area (TPSA) is 81.4 Å². The van der Waals surface area contributed by atoms with Crippen molar-refractivity contribution >= 4 is 21.6 Å². The Kier molecular flexibility index (Phi) is 5.48. The van der Waals surface area contributed by atoms with E-state index in [0.29, 0.717) is 0 Å². The molecule has 0 saturated carbocycles. The summed E-state index contributed by atoms with van der Waals surface area (Å²) in [6.45, 7) is -1.32. The Morgan fingerprint density at radius 1 is 1.47 bits per heavy atom. The summed E-state index contributed by atoms with van der Waals surface area (Å²) in [6.07, 6.45) is 0. The second-order valence-corrected chi connectivity index (χ2v) is 5.85. The van der Waals surface area contributed by atoms with Gasteiger partial charge in [-0.2, -0.15) is 8.78 Å². The van der Waals surface area contributed by atoms with Crippen LogP contribution in [-0.4, -0.2) is 27.6 Å². The van der Waals surface area contributed by atoms with E-state index in [-0.39, 0.29) is 22.2 Å². The molecule has 3 N–H and O–H groups in total. The van der Waals surface area contributed by atoms with Crippen molar-refractivity contribution in [3.63, 3.8) is 0 Å². The Hall–Kier alpha value is -0.960. The molecule has 1 aromatic rings. The zero-order chi connectivity index (χ0) is 14.6. The lowest BCUT2D eigenvalue weighted by Gasteiger charge is -2.13. The molecule has 108 valence electrons. The van der Waals surface area contributed by atoms with Crippen LogP contribution >= 0.6 is 11.6 Å². The highest BCUT2D eigenvalue weighted by molar-refractivity contribution is 7.89. The first-order chi connectivity index (χ1) is 8.76. The highest BCUT2D eigenvalue weighted by Gasteiger charge is 2.19. The molecule has 9 heteroatoms. The minimum atomic E-state index is -3.80. The molecule has 0 bridgehead atoms. The molecule has 0 saturated heterocycles. The van der Waals surface area contributed by atoms with Crippen LogP contribution in [-0.2, 0) is 10.0 Å². The van der Waals surface area contributed by atoms with E-state index in [4.69, 9.17) is 17.3 Å². The highest BCUT2D eigenvalue weighted by Crippen LogP contribution is 2.28. The first-order valence-electron chi connectivity index (χ1n) is 5.23. The lowest BCUT2D eigenvalue weighted by atomic mass is 10.3. The maximum Gasteiger partial charge on any atom is 0.387 e. The largest absolute Gasteiger partial charge is 0.433 e. The Morgan fingerprint density at radius 2 is 2.11 bits per heavy atom. The van der Waals surface area contributed by atoms with Gasteiger partial charge in [0.25, 0.3) is 0 Å². The zero-order valence-corrected chi connectivity index (χ0v) is 11.5. The van der Waals surface area contributed by atoms with Crippen molar-refractivity contribution in [2.45, 2.75) is 24.5 Å². The Morgan fingerprint density at radius 3 is 2.58 bits per heavy atom. The SMILES string of the molecule is C[C@@H](CN)NS(=O)(=O)c1ccc(OC(F)F)c(Cl)c1. The molecule has 0 aliphatic rings. The monoisotopic (exact) mass is 314 g/mol. The smallest absolute Gasteiger partial charge is 0.387 e. The van der Waals surface area contributed by atoms with Crippen LogP contribution in [0.5, 0.6) is 5.75 Å². The second-order valence-electron chi connectivity index (χ2n) is 3.73.